The molecule has 0 saturated carbocycles. The number of hydrogen-bond donors (Lipinski definition) is 1. The summed E-state index contributed by atoms with van der Waals surface area (Å²) in [5, 5.41) is 2.86. The molecule has 34 heavy (non-hydrogen) atoms. The fraction of sp³-hybridized carbons (Fsp3) is 0.417. The van der Waals surface area contributed by atoms with Gasteiger partial charge >= 0.3 is 0 Å². The molecule has 2 aromatic rings. The molecule has 2 rings (SSSR count). The van der Waals surface area contributed by atoms with Crippen LogP contribution in [-0.2, 0) is 26.2 Å². The average molecular weight is 602 g/mol. The van der Waals surface area contributed by atoms with Crippen LogP contribution in [-0.4, -0.2) is 57.6 Å². The average Bonchev–Trinajstić information content (AvgIpc) is 2.78. The van der Waals surface area contributed by atoms with E-state index >= 15 is 0 Å². The fourth-order valence-corrected chi connectivity index (χ4v) is 4.43. The number of nitrogens with zero attached hydrogens (tertiary/aromatic N) is 2. The number of ether oxygens (including phenoxy) is 1. The maximum atomic E-state index is 13.5. The van der Waals surface area contributed by atoms with Crippen LogP contribution in [0.25, 0.3) is 0 Å². The number of carbonyl (C=O) groups excluding carboxylic acids is 2. The van der Waals surface area contributed by atoms with E-state index in [9.17, 15) is 18.0 Å². The van der Waals surface area contributed by atoms with Gasteiger partial charge in [-0.15, -0.1) is 0 Å². The van der Waals surface area contributed by atoms with Crippen molar-refractivity contribution < 1.29 is 22.7 Å². The number of nitrogens with one attached hydrogen (secondary N) is 1. The predicted molar refractivity (Wildman–Crippen MR) is 142 cm³/mol. The Labute approximate surface area is 215 Å². The molecular weight excluding hydrogens is 569 g/mol. The molecule has 0 bridgehead atoms. The molecule has 10 heteroatoms. The lowest BCUT2D eigenvalue weighted by Gasteiger charge is -2.31. The number of carbonyl (C=O) groups is 2. The van der Waals surface area contributed by atoms with E-state index in [2.05, 4.69) is 27.9 Å². The molecule has 186 valence electrons. The molecule has 0 saturated heterocycles. The van der Waals surface area contributed by atoms with Gasteiger partial charge in [0.05, 0.1) is 19.1 Å². The first kappa shape index (κ1) is 27.9. The number of benzene rings is 2. The molecule has 0 aliphatic rings. The second-order valence-electron chi connectivity index (χ2n) is 8.43. The van der Waals surface area contributed by atoms with E-state index in [4.69, 9.17) is 4.74 Å². The summed E-state index contributed by atoms with van der Waals surface area (Å²) in [5.74, 6) is 0.0860. The van der Waals surface area contributed by atoms with Gasteiger partial charge in [0.1, 0.15) is 18.3 Å². The van der Waals surface area contributed by atoms with Gasteiger partial charge in [-0.2, -0.15) is 0 Å². The van der Waals surface area contributed by atoms with E-state index in [1.165, 1.54) is 4.90 Å². The lowest BCUT2D eigenvalue weighted by molar-refractivity contribution is -0.139. The lowest BCUT2D eigenvalue weighted by atomic mass is 10.1. The van der Waals surface area contributed by atoms with Gasteiger partial charge in [0, 0.05) is 16.7 Å². The Morgan fingerprint density at radius 2 is 1.74 bits per heavy atom. The molecule has 0 heterocycles. The Balaban J connectivity index is 2.37. The quantitative estimate of drug-likeness (QED) is 0.399. The molecule has 0 aliphatic carbocycles. The van der Waals surface area contributed by atoms with E-state index in [1.807, 2.05) is 19.9 Å². The van der Waals surface area contributed by atoms with Crippen molar-refractivity contribution in [1.82, 2.24) is 10.2 Å². The summed E-state index contributed by atoms with van der Waals surface area (Å²) in [6.07, 6.45) is 1.06. The summed E-state index contributed by atoms with van der Waals surface area (Å²) in [6.45, 7) is 5.78. The normalized spacial score (nSPS) is 12.2. The van der Waals surface area contributed by atoms with Crippen LogP contribution >= 0.6 is 22.6 Å². The minimum atomic E-state index is -3.75. The Kier molecular flexibility index (Phi) is 10.2. The minimum Gasteiger partial charge on any atom is -0.497 e. The molecule has 1 N–H and O–H groups in total. The number of methoxy groups -OCH3 is 1. The lowest BCUT2D eigenvalue weighted by Crippen LogP contribution is -2.51. The maximum Gasteiger partial charge on any atom is 0.244 e. The molecule has 0 spiro atoms. The summed E-state index contributed by atoms with van der Waals surface area (Å²) in [7, 11) is -2.20. The first-order valence-corrected chi connectivity index (χ1v) is 13.8. The van der Waals surface area contributed by atoms with Crippen LogP contribution in [0.15, 0.2) is 48.5 Å². The van der Waals surface area contributed by atoms with Gasteiger partial charge in [-0.05, 0) is 77.4 Å². The minimum absolute atomic E-state index is 0.122. The Morgan fingerprint density at radius 1 is 1.09 bits per heavy atom. The third kappa shape index (κ3) is 8.15. The van der Waals surface area contributed by atoms with Crippen LogP contribution in [0.1, 0.15) is 26.3 Å². The van der Waals surface area contributed by atoms with E-state index in [-0.39, 0.29) is 18.4 Å². The van der Waals surface area contributed by atoms with Crippen molar-refractivity contribution in [3.05, 3.63) is 57.7 Å². The van der Waals surface area contributed by atoms with Gasteiger partial charge in [-0.3, -0.25) is 13.9 Å². The van der Waals surface area contributed by atoms with Crippen molar-refractivity contribution in [3.63, 3.8) is 0 Å². The van der Waals surface area contributed by atoms with Crippen LogP contribution in [0.3, 0.4) is 0 Å². The van der Waals surface area contributed by atoms with Crippen LogP contribution in [0, 0.1) is 9.49 Å². The van der Waals surface area contributed by atoms with Gasteiger partial charge in [0.15, 0.2) is 0 Å². The van der Waals surface area contributed by atoms with E-state index in [0.717, 1.165) is 19.7 Å². The third-order valence-electron chi connectivity index (χ3n) is 5.13. The monoisotopic (exact) mass is 601 g/mol. The molecule has 0 aromatic heterocycles. The van der Waals surface area contributed by atoms with Crippen molar-refractivity contribution in [2.24, 2.45) is 5.92 Å². The highest BCUT2D eigenvalue weighted by Crippen LogP contribution is 2.21. The summed E-state index contributed by atoms with van der Waals surface area (Å²) < 4.78 is 32.4. The van der Waals surface area contributed by atoms with Gasteiger partial charge in [-0.1, -0.05) is 26.0 Å². The predicted octanol–water partition coefficient (Wildman–Crippen LogP) is 3.26. The van der Waals surface area contributed by atoms with Crippen molar-refractivity contribution in [2.75, 3.05) is 30.8 Å². The number of anilines is 1. The van der Waals surface area contributed by atoms with Crippen molar-refractivity contribution in [3.8, 4) is 5.75 Å². The van der Waals surface area contributed by atoms with E-state index in [1.54, 1.807) is 56.5 Å². The smallest absolute Gasteiger partial charge is 0.244 e. The van der Waals surface area contributed by atoms with Crippen LogP contribution in [0.4, 0.5) is 5.69 Å². The highest BCUT2D eigenvalue weighted by molar-refractivity contribution is 14.1. The van der Waals surface area contributed by atoms with Crippen molar-refractivity contribution in [2.45, 2.75) is 33.4 Å². The van der Waals surface area contributed by atoms with Crippen molar-refractivity contribution >= 4 is 50.1 Å². The largest absolute Gasteiger partial charge is 0.497 e. The van der Waals surface area contributed by atoms with Crippen LogP contribution in [0.5, 0.6) is 5.75 Å². The zero-order valence-corrected chi connectivity index (χ0v) is 23.1. The molecule has 2 amide bonds. The van der Waals surface area contributed by atoms with E-state index in [0.29, 0.717) is 18.0 Å². The molecule has 0 aliphatic heterocycles. The standard InChI is InChI=1S/C24H32IN3O5S/c1-17(2)14-26-24(30)18(3)27(15-19-7-6-8-22(13-19)33-4)23(29)16-28(34(5,31)32)21-11-9-20(25)10-12-21/h6-13,17-18H,14-16H2,1-5H3,(H,26,30). The van der Waals surface area contributed by atoms with Crippen LogP contribution in [0.2, 0.25) is 0 Å². The fourth-order valence-electron chi connectivity index (χ4n) is 3.22. The second kappa shape index (κ2) is 12.4. The summed E-state index contributed by atoms with van der Waals surface area (Å²) in [4.78, 5) is 27.7. The summed E-state index contributed by atoms with van der Waals surface area (Å²) in [6, 6.07) is 13.2. The highest BCUT2D eigenvalue weighted by atomic mass is 127. The first-order chi connectivity index (χ1) is 15.9. The molecule has 0 fully saturated rings. The van der Waals surface area contributed by atoms with E-state index < -0.39 is 28.5 Å². The number of hydrogen-bond acceptors (Lipinski definition) is 5. The molecular formula is C24H32IN3O5S. The summed E-state index contributed by atoms with van der Waals surface area (Å²) >= 11 is 2.13. The molecule has 2 aromatic carbocycles. The molecule has 8 nitrogen and oxygen atoms in total. The highest BCUT2D eigenvalue weighted by Gasteiger charge is 2.30. The Bertz CT molecular complexity index is 1090. The first-order valence-electron chi connectivity index (χ1n) is 10.9. The topological polar surface area (TPSA) is 96.0 Å². The Morgan fingerprint density at radius 3 is 2.29 bits per heavy atom. The number of halogens is 1. The van der Waals surface area contributed by atoms with Gasteiger partial charge in [-0.25, -0.2) is 8.42 Å². The van der Waals surface area contributed by atoms with Gasteiger partial charge in [0.25, 0.3) is 0 Å². The molecule has 0 radical (unpaired) electrons. The zero-order chi connectivity index (χ0) is 25.5. The molecule has 1 atom stereocenters. The van der Waals surface area contributed by atoms with Gasteiger partial charge in [0.2, 0.25) is 21.8 Å². The number of amides is 2. The Hall–Kier alpha value is -2.34. The number of rotatable bonds is 11. The SMILES string of the molecule is COc1cccc(CN(C(=O)CN(c2ccc(I)cc2)S(C)(=O)=O)C(C)C(=O)NCC(C)C)c1. The van der Waals surface area contributed by atoms with Gasteiger partial charge < -0.3 is 15.0 Å². The van der Waals surface area contributed by atoms with Crippen LogP contribution < -0.4 is 14.4 Å². The van der Waals surface area contributed by atoms with Crippen molar-refractivity contribution in [1.29, 1.82) is 0 Å². The number of sulfonamides is 1. The second-order valence-corrected chi connectivity index (χ2v) is 11.6. The molecule has 1 unspecified atom stereocenters. The summed E-state index contributed by atoms with van der Waals surface area (Å²) in [5.41, 5.74) is 1.14. The maximum absolute atomic E-state index is 13.5. The zero-order valence-electron chi connectivity index (χ0n) is 20.1. The third-order valence-corrected chi connectivity index (χ3v) is 6.99.